The van der Waals surface area contributed by atoms with Crippen molar-refractivity contribution in [1.29, 1.82) is 0 Å². The second kappa shape index (κ2) is 42.4. The Labute approximate surface area is 371 Å². The molecule has 0 aliphatic rings. The third-order valence-corrected chi connectivity index (χ3v) is 9.44. The highest BCUT2D eigenvalue weighted by Crippen LogP contribution is 2.12. The molecule has 0 amide bonds. The van der Waals surface area contributed by atoms with Crippen LogP contribution >= 0.6 is 0 Å². The van der Waals surface area contributed by atoms with Crippen molar-refractivity contribution in [1.82, 2.24) is 0 Å². The molecular weight excluding hydrogens is 763 g/mol. The number of allylic oxidation sites excluding steroid dienone is 20. The number of hydrogen-bond donors (Lipinski definition) is 0. The molecule has 342 valence electrons. The lowest BCUT2D eigenvalue weighted by atomic mass is 10.1. The van der Waals surface area contributed by atoms with Crippen molar-refractivity contribution in [3.8, 4) is 0 Å². The molecule has 0 aromatic rings. The number of carboxylic acids is 1. The summed E-state index contributed by atoms with van der Waals surface area (Å²) in [5.74, 6) is -1.83. The molecule has 2 unspecified atom stereocenters. The van der Waals surface area contributed by atoms with Gasteiger partial charge in [0.1, 0.15) is 12.6 Å². The first kappa shape index (κ1) is 56.7. The molecule has 0 saturated carbocycles. The van der Waals surface area contributed by atoms with E-state index in [1.807, 2.05) is 36.5 Å². The number of hydrogen-bond acceptors (Lipinski definition) is 7. The van der Waals surface area contributed by atoms with Gasteiger partial charge < -0.3 is 28.6 Å². The average molecular weight is 846 g/mol. The fourth-order valence-electron chi connectivity index (χ4n) is 5.89. The van der Waals surface area contributed by atoms with Gasteiger partial charge in [0.2, 0.25) is 0 Å². The number of unbranched alkanes of at least 4 members (excludes halogenated alkanes) is 9. The van der Waals surface area contributed by atoms with Crippen molar-refractivity contribution >= 4 is 17.9 Å². The quantitative estimate of drug-likeness (QED) is 0.0200. The van der Waals surface area contributed by atoms with Gasteiger partial charge in [-0.2, -0.15) is 0 Å². The highest BCUT2D eigenvalue weighted by Gasteiger charge is 2.25. The van der Waals surface area contributed by atoms with Crippen molar-refractivity contribution in [3.63, 3.8) is 0 Å². The first-order chi connectivity index (χ1) is 29.6. The third-order valence-electron chi connectivity index (χ3n) is 9.44. The lowest BCUT2D eigenvalue weighted by Crippen LogP contribution is -2.55. The van der Waals surface area contributed by atoms with Gasteiger partial charge in [0, 0.05) is 19.3 Å². The van der Waals surface area contributed by atoms with E-state index < -0.39 is 18.1 Å². The van der Waals surface area contributed by atoms with Gasteiger partial charge in [-0.25, -0.2) is 0 Å². The first-order valence-corrected chi connectivity index (χ1v) is 23.1. The minimum atomic E-state index is -1.14. The van der Waals surface area contributed by atoms with Gasteiger partial charge in [-0.1, -0.05) is 167 Å². The molecule has 8 nitrogen and oxygen atoms in total. The molecule has 2 atom stereocenters. The Morgan fingerprint density at radius 2 is 0.984 bits per heavy atom. The zero-order chi connectivity index (χ0) is 44.9. The van der Waals surface area contributed by atoms with Crippen LogP contribution in [0.2, 0.25) is 0 Å². The Bertz CT molecular complexity index is 1400. The summed E-state index contributed by atoms with van der Waals surface area (Å²) in [5, 5.41) is 11.6. The van der Waals surface area contributed by atoms with Crippen molar-refractivity contribution in [2.75, 3.05) is 41.0 Å². The third kappa shape index (κ3) is 40.9. The van der Waals surface area contributed by atoms with Gasteiger partial charge >= 0.3 is 11.9 Å². The summed E-state index contributed by atoms with van der Waals surface area (Å²) >= 11 is 0. The molecule has 0 rings (SSSR count). The van der Waals surface area contributed by atoms with Crippen LogP contribution in [0.15, 0.2) is 122 Å². The predicted octanol–water partition coefficient (Wildman–Crippen LogP) is 11.7. The largest absolute Gasteiger partial charge is 0.544 e. The van der Waals surface area contributed by atoms with Gasteiger partial charge in [-0.15, -0.1) is 0 Å². The van der Waals surface area contributed by atoms with Crippen LogP contribution in [0, 0.1) is 0 Å². The minimum absolute atomic E-state index is 0.00922. The molecule has 0 heterocycles. The van der Waals surface area contributed by atoms with E-state index in [-0.39, 0.29) is 49.1 Å². The maximum Gasteiger partial charge on any atom is 0.306 e. The smallest absolute Gasteiger partial charge is 0.306 e. The fourth-order valence-corrected chi connectivity index (χ4v) is 5.89. The molecule has 0 radical (unpaired) electrons. The molecule has 0 aliphatic carbocycles. The van der Waals surface area contributed by atoms with E-state index in [0.717, 1.165) is 96.3 Å². The lowest BCUT2D eigenvalue weighted by Gasteiger charge is -2.34. The Balaban J connectivity index is 4.48. The number of carboxylic acid groups (broad SMARTS) is 1. The van der Waals surface area contributed by atoms with Gasteiger partial charge in [0.05, 0.1) is 40.3 Å². The maximum atomic E-state index is 12.7. The number of rotatable bonds is 39. The summed E-state index contributed by atoms with van der Waals surface area (Å²) in [5.41, 5.74) is 0. The van der Waals surface area contributed by atoms with Crippen LogP contribution < -0.4 is 5.11 Å². The molecule has 0 saturated heterocycles. The number of nitrogens with zero attached hydrogens (tertiary/aromatic N) is 1. The van der Waals surface area contributed by atoms with Crippen LogP contribution in [0.1, 0.15) is 142 Å². The summed E-state index contributed by atoms with van der Waals surface area (Å²) in [6.45, 7) is 4.37. The second-order valence-electron chi connectivity index (χ2n) is 16.0. The molecule has 8 heteroatoms. The van der Waals surface area contributed by atoms with Crippen LogP contribution in [0.4, 0.5) is 0 Å². The number of likely N-dealkylation sites (N-methyl/N-ethyl adjacent to an activating group) is 1. The van der Waals surface area contributed by atoms with E-state index in [4.69, 9.17) is 14.2 Å². The average Bonchev–Trinajstić information content (AvgIpc) is 3.22. The van der Waals surface area contributed by atoms with Crippen molar-refractivity contribution < 1.29 is 38.2 Å². The van der Waals surface area contributed by atoms with E-state index >= 15 is 0 Å². The van der Waals surface area contributed by atoms with Crippen LogP contribution in [0.3, 0.4) is 0 Å². The summed E-state index contributed by atoms with van der Waals surface area (Å²) in [4.78, 5) is 36.9. The summed E-state index contributed by atoms with van der Waals surface area (Å²) in [6.07, 6.45) is 59.3. The van der Waals surface area contributed by atoms with Crippen molar-refractivity contribution in [2.45, 2.75) is 154 Å². The standard InChI is InChI=1S/C53H83NO7/c1-6-8-10-12-14-16-18-20-22-24-26-28-30-32-34-36-38-40-42-44-52(56)61-49(47-59-46-45-50(53(57)58)54(3,4)5)48-60-51(55)43-41-39-37-35-33-31-29-27-25-23-21-19-17-15-13-11-9-7-2/h8,10-11,13-17,19-23,25-29,32,34,49-50H,6-7,9,12,18,24,30-31,33,35-48H2,1-5H3/b10-8+,13-11+,16-14+,17-15+,21-19+,22-20+,25-23+,28-26+,29-27+,34-32+. The van der Waals surface area contributed by atoms with Gasteiger partial charge in [0.15, 0.2) is 6.10 Å². The number of carbonyl (C=O) groups is 3. The van der Waals surface area contributed by atoms with E-state index in [1.54, 1.807) is 21.1 Å². The Morgan fingerprint density at radius 3 is 1.52 bits per heavy atom. The van der Waals surface area contributed by atoms with E-state index in [1.165, 1.54) is 6.42 Å². The Morgan fingerprint density at radius 1 is 0.525 bits per heavy atom. The molecule has 0 spiro atoms. The van der Waals surface area contributed by atoms with E-state index in [0.29, 0.717) is 12.8 Å². The van der Waals surface area contributed by atoms with Crippen molar-refractivity contribution in [3.05, 3.63) is 122 Å². The molecule has 0 bridgehead atoms. The normalized spacial score (nSPS) is 14.0. The fraction of sp³-hybridized carbons (Fsp3) is 0.566. The van der Waals surface area contributed by atoms with Gasteiger partial charge in [0.25, 0.3) is 0 Å². The number of esters is 2. The van der Waals surface area contributed by atoms with E-state index in [9.17, 15) is 19.5 Å². The number of ether oxygens (including phenoxy) is 3. The highest BCUT2D eigenvalue weighted by molar-refractivity contribution is 5.70. The minimum Gasteiger partial charge on any atom is -0.544 e. The number of aliphatic carboxylic acids is 1. The maximum absolute atomic E-state index is 12.7. The van der Waals surface area contributed by atoms with Crippen LogP contribution in [-0.4, -0.2) is 75.5 Å². The second-order valence-corrected chi connectivity index (χ2v) is 16.0. The molecule has 0 fully saturated rings. The van der Waals surface area contributed by atoms with Crippen LogP contribution in [0.5, 0.6) is 0 Å². The number of carbonyl (C=O) groups excluding carboxylic acids is 3. The Kier molecular flexibility index (Phi) is 39.5. The summed E-state index contributed by atoms with van der Waals surface area (Å²) in [6, 6.07) is -0.745. The van der Waals surface area contributed by atoms with E-state index in [2.05, 4.69) is 98.9 Å². The zero-order valence-corrected chi connectivity index (χ0v) is 38.8. The SMILES string of the molecule is CC/C=C/C/C=C/C/C=C/C/C=C/C/C=C/CCCCCC(=O)OC(COCCC(C(=O)[O-])[N+](C)(C)C)COC(=O)CCCCCCC/C=C/C=C/C=C/C=C/C=C/CCC. The molecule has 61 heavy (non-hydrogen) atoms. The molecule has 0 N–H and O–H groups in total. The molecule has 0 aliphatic heterocycles. The molecule has 0 aromatic heterocycles. The van der Waals surface area contributed by atoms with Crippen LogP contribution in [-0.2, 0) is 28.6 Å². The van der Waals surface area contributed by atoms with Gasteiger partial charge in [-0.3, -0.25) is 9.59 Å². The Hall–Kier alpha value is -4.27. The predicted molar refractivity (Wildman–Crippen MR) is 254 cm³/mol. The lowest BCUT2D eigenvalue weighted by molar-refractivity contribution is -0.889. The molecule has 0 aromatic carbocycles. The summed E-state index contributed by atoms with van der Waals surface area (Å²) in [7, 11) is 5.37. The topological polar surface area (TPSA) is 102 Å². The first-order valence-electron chi connectivity index (χ1n) is 23.1. The van der Waals surface area contributed by atoms with Gasteiger partial charge in [-0.05, 0) is 77.0 Å². The number of quaternary nitrogens is 1. The summed E-state index contributed by atoms with van der Waals surface area (Å²) < 4.78 is 17.1. The monoisotopic (exact) mass is 846 g/mol. The highest BCUT2D eigenvalue weighted by atomic mass is 16.6. The molecular formula is C53H83NO7. The van der Waals surface area contributed by atoms with Crippen LogP contribution in [0.25, 0.3) is 0 Å². The van der Waals surface area contributed by atoms with Crippen molar-refractivity contribution in [2.24, 2.45) is 0 Å². The zero-order valence-electron chi connectivity index (χ0n) is 38.8.